The summed E-state index contributed by atoms with van der Waals surface area (Å²) in [5.41, 5.74) is 0. The molecular weight excluding hydrogens is 1270 g/mol. The van der Waals surface area contributed by atoms with E-state index in [0.29, 0.717) is 51.1 Å². The highest BCUT2D eigenvalue weighted by molar-refractivity contribution is 7.99. The molecule has 0 radical (unpaired) electrons. The fourth-order valence-electron chi connectivity index (χ4n) is 3.45. The summed E-state index contributed by atoms with van der Waals surface area (Å²) < 4.78 is 71.6. The molecule has 0 saturated carbocycles. The van der Waals surface area contributed by atoms with E-state index >= 15 is 0 Å². The Bertz CT molecular complexity index is 1840. The highest BCUT2D eigenvalue weighted by Crippen LogP contribution is 1.98. The molecule has 0 amide bonds. The van der Waals surface area contributed by atoms with Gasteiger partial charge in [-0.25, -0.2) is 14.4 Å². The van der Waals surface area contributed by atoms with Gasteiger partial charge in [-0.05, 0) is 74.3 Å². The minimum Gasteiger partial charge on any atom is -0.469 e. The average Bonchev–Trinajstić information content (AvgIpc) is 3.53. The second kappa shape index (κ2) is 87.7. The van der Waals surface area contributed by atoms with Crippen molar-refractivity contribution in [1.29, 1.82) is 0 Å². The second-order valence-corrected chi connectivity index (χ2v) is 17.2. The van der Waals surface area contributed by atoms with Crippen LogP contribution in [0.3, 0.4) is 0 Å². The fourth-order valence-corrected chi connectivity index (χ4v) is 4.19. The zero-order valence-corrected chi connectivity index (χ0v) is 59.1. The van der Waals surface area contributed by atoms with Gasteiger partial charge in [0.25, 0.3) is 0 Å². The number of ketones is 2. The van der Waals surface area contributed by atoms with Gasteiger partial charge in [0.15, 0.2) is 25.8 Å². The van der Waals surface area contributed by atoms with Gasteiger partial charge < -0.3 is 75.8 Å². The maximum Gasteiger partial charge on any atom is 0.344 e. The van der Waals surface area contributed by atoms with Crippen LogP contribution in [0, 0.1) is 0 Å². The highest BCUT2D eigenvalue weighted by Gasteiger charge is 2.11. The predicted molar refractivity (Wildman–Crippen MR) is 333 cm³/mol. The van der Waals surface area contributed by atoms with Gasteiger partial charge in [0.1, 0.15) is 44.2 Å². The fraction of sp³-hybridized carbons (Fsp3) is 0.724. The molecule has 0 aliphatic carbocycles. The van der Waals surface area contributed by atoms with Gasteiger partial charge in [-0.2, -0.15) is 11.8 Å². The number of thioether (sulfide) groups is 2. The average molecular weight is 1380 g/mol. The Hall–Kier alpha value is -7.46. The molecule has 0 atom stereocenters. The van der Waals surface area contributed by atoms with Crippen molar-refractivity contribution >= 4 is 119 Å². The highest BCUT2D eigenvalue weighted by atomic mass is 32.2. The van der Waals surface area contributed by atoms with Crippen LogP contribution in [0.1, 0.15) is 149 Å². The van der Waals surface area contributed by atoms with E-state index in [2.05, 4.69) is 71.1 Å². The number of esters is 14. The number of carbonyl (C=O) groups is 16. The van der Waals surface area contributed by atoms with Crippen molar-refractivity contribution in [2.24, 2.45) is 0 Å². The molecule has 0 fully saturated rings. The summed E-state index contributed by atoms with van der Waals surface area (Å²) >= 11 is 3.07. The van der Waals surface area contributed by atoms with E-state index in [1.54, 1.807) is 74.1 Å². The zero-order valence-electron chi connectivity index (χ0n) is 57.4. The van der Waals surface area contributed by atoms with Gasteiger partial charge in [-0.3, -0.25) is 62.3 Å². The molecule has 0 aromatic heterocycles. The maximum atomic E-state index is 10.6. The van der Waals surface area contributed by atoms with Gasteiger partial charge >= 0.3 is 83.6 Å². The van der Waals surface area contributed by atoms with E-state index in [1.165, 1.54) is 60.8 Å². The largest absolute Gasteiger partial charge is 0.469 e. The normalized spacial score (nSPS) is 8.74. The van der Waals surface area contributed by atoms with Crippen molar-refractivity contribution in [3.8, 4) is 0 Å². The number of hydrogen-bond acceptors (Lipinski definition) is 34. The summed E-state index contributed by atoms with van der Waals surface area (Å²) in [7, 11) is 3.92. The summed E-state index contributed by atoms with van der Waals surface area (Å²) in [5.74, 6) is -4.07. The topological polar surface area (TPSA) is 421 Å². The zero-order chi connectivity index (χ0) is 73.5. The van der Waals surface area contributed by atoms with Gasteiger partial charge in [0.2, 0.25) is 0 Å². The molecule has 0 bridgehead atoms. The van der Waals surface area contributed by atoms with Crippen molar-refractivity contribution < 1.29 is 153 Å². The standard InChI is InChI=1S/2C7H12O4.C7H12O3.2C6H10O4.C6H12O3.C6H12O2S.C5H8O3.C4H8O3.C4H8O2S/c1-3-10-6(8)5-7(9)11-4-2;1-3-6(8)11-5-7(9)10-4-2;1-3-6(8)5-7(9)10-4-2;1-3-10-6(8)4-5(7)9-2;1-3-5(7)10-4-6(8)9-2;1-3-8-5-6(7)9-4-2;1-3-8-6(7)5-9-4-2;1-4(6)3-8-5(2)7;1-4(5)7-3-6-2;1-4(5)6-3-7-2/h2*3-5H2,1-2H3;3-5H2,1-2H3;2*3-4H2,1-2H3;2*3-5H2,1-2H3;3H2,1-2H3;2*3H2,1-2H3. The lowest BCUT2D eigenvalue weighted by atomic mass is 10.2. The van der Waals surface area contributed by atoms with Crippen molar-refractivity contribution in [3.63, 3.8) is 0 Å². The molecule has 0 N–H and O–H groups in total. The van der Waals surface area contributed by atoms with Gasteiger partial charge in [-0.1, -0.05) is 27.7 Å². The van der Waals surface area contributed by atoms with Gasteiger partial charge in [-0.15, -0.1) is 11.8 Å². The van der Waals surface area contributed by atoms with Crippen LogP contribution in [0.15, 0.2) is 0 Å². The van der Waals surface area contributed by atoms with Crippen LogP contribution in [0.2, 0.25) is 0 Å². The van der Waals surface area contributed by atoms with Gasteiger partial charge in [0, 0.05) is 53.8 Å². The Morgan fingerprint density at radius 1 is 0.315 bits per heavy atom. The van der Waals surface area contributed by atoms with Crippen LogP contribution in [0.5, 0.6) is 0 Å². The molecular formula is C58H104O32S2. The monoisotopic (exact) mass is 1380 g/mol. The molecule has 34 heteroatoms. The molecule has 0 heterocycles. The first kappa shape index (κ1) is 106. The number of Topliss-reactive ketones (excluding diaryl/α,β-unsaturated/α-hetero) is 2. The minimum absolute atomic E-state index is 0.0509. The summed E-state index contributed by atoms with van der Waals surface area (Å²) in [4.78, 5) is 166. The first-order valence-electron chi connectivity index (χ1n) is 28.4. The molecule has 92 heavy (non-hydrogen) atoms. The Balaban J connectivity index is -0.000000102. The number of carbonyl (C=O) groups excluding carboxylic acids is 16. The molecule has 540 valence electrons. The predicted octanol–water partition coefficient (Wildman–Crippen LogP) is 5.20. The van der Waals surface area contributed by atoms with Gasteiger partial charge in [0.05, 0.1) is 66.2 Å². The van der Waals surface area contributed by atoms with Crippen molar-refractivity contribution in [2.45, 2.75) is 149 Å². The number of rotatable bonds is 32. The molecule has 0 aromatic rings. The third kappa shape index (κ3) is 124. The Morgan fingerprint density at radius 2 is 0.663 bits per heavy atom. The third-order valence-electron chi connectivity index (χ3n) is 7.27. The molecule has 32 nitrogen and oxygen atoms in total. The molecule has 0 unspecified atom stereocenters. The Kier molecular flexibility index (Phi) is 101. The quantitative estimate of drug-likeness (QED) is 0.0361. The molecule has 0 rings (SSSR count). The first-order valence-corrected chi connectivity index (χ1v) is 30.9. The lowest BCUT2D eigenvalue weighted by Gasteiger charge is -2.01. The number of hydrogen-bond donors (Lipinski definition) is 0. The van der Waals surface area contributed by atoms with Crippen LogP contribution in [-0.2, 0) is 153 Å². The smallest absolute Gasteiger partial charge is 0.344 e. The van der Waals surface area contributed by atoms with E-state index in [1.807, 2.05) is 27.0 Å². The van der Waals surface area contributed by atoms with E-state index in [0.717, 1.165) is 5.75 Å². The van der Waals surface area contributed by atoms with Crippen molar-refractivity contribution in [1.82, 2.24) is 0 Å². The summed E-state index contributed by atoms with van der Waals surface area (Å²) in [6.45, 7) is 28.7. The summed E-state index contributed by atoms with van der Waals surface area (Å²) in [5, 5.41) is 0. The van der Waals surface area contributed by atoms with E-state index < -0.39 is 59.7 Å². The second-order valence-electron chi connectivity index (χ2n) is 15.1. The molecule has 0 aromatic carbocycles. The molecule has 0 spiro atoms. The lowest BCUT2D eigenvalue weighted by Crippen LogP contribution is -2.15. The van der Waals surface area contributed by atoms with E-state index in [-0.39, 0.29) is 121 Å². The third-order valence-corrected chi connectivity index (χ3v) is 8.47. The van der Waals surface area contributed by atoms with Crippen molar-refractivity contribution in [3.05, 3.63) is 0 Å². The number of methoxy groups -OCH3 is 3. The number of ether oxygens (including phenoxy) is 16. The lowest BCUT2D eigenvalue weighted by molar-refractivity contribution is -0.158. The van der Waals surface area contributed by atoms with Crippen LogP contribution < -0.4 is 0 Å². The van der Waals surface area contributed by atoms with Crippen molar-refractivity contribution in [2.75, 3.05) is 131 Å². The first-order chi connectivity index (χ1) is 43.3. The maximum absolute atomic E-state index is 10.6. The van der Waals surface area contributed by atoms with Crippen LogP contribution in [0.4, 0.5) is 0 Å². The van der Waals surface area contributed by atoms with E-state index in [9.17, 15) is 76.7 Å². The SMILES string of the molecule is CC(=O)COC(C)=O.CCC(=O)OCC(=O)OC.CCOC(=O)CC(=O)CC.CCOC(=O)CC(=O)OC.CCOC(=O)CC(=O)OCC.CCOC(=O)COC(=O)CC.CCOC(=O)CSCC.CCOCC(=O)OCC.COCOC(C)=O.CSCOC(C)=O. The molecule has 0 aliphatic heterocycles. The molecule has 0 aliphatic rings. The van der Waals surface area contributed by atoms with E-state index in [4.69, 9.17) is 4.74 Å². The van der Waals surface area contributed by atoms with Crippen LogP contribution in [-0.4, -0.2) is 226 Å². The summed E-state index contributed by atoms with van der Waals surface area (Å²) in [6.07, 6.45) is 2.16. The van der Waals surface area contributed by atoms with Crippen LogP contribution >= 0.6 is 23.5 Å². The summed E-state index contributed by atoms with van der Waals surface area (Å²) in [6, 6.07) is 0. The Morgan fingerprint density at radius 3 is 0.935 bits per heavy atom. The van der Waals surface area contributed by atoms with Crippen LogP contribution in [0.25, 0.3) is 0 Å². The minimum atomic E-state index is -0.571. The Labute approximate surface area is 549 Å². The molecule has 0 saturated heterocycles.